The van der Waals surface area contributed by atoms with Gasteiger partial charge in [-0.3, -0.25) is 10.1 Å². The zero-order valence-electron chi connectivity index (χ0n) is 15.0. The van der Waals surface area contributed by atoms with Gasteiger partial charge in [-0.2, -0.15) is 0 Å². The normalized spacial score (nSPS) is 19.7. The molecule has 1 saturated carbocycles. The van der Waals surface area contributed by atoms with Gasteiger partial charge in [0.05, 0.1) is 5.69 Å². The summed E-state index contributed by atoms with van der Waals surface area (Å²) in [6.07, 6.45) is 3.89. The van der Waals surface area contributed by atoms with Crippen molar-refractivity contribution < 1.29 is 14.3 Å². The van der Waals surface area contributed by atoms with Crippen LogP contribution in [0.15, 0.2) is 35.3 Å². The molecule has 1 aromatic carbocycles. The number of carbonyl (C=O) groups is 2. The molecule has 2 aliphatic rings. The molecule has 0 radical (unpaired) electrons. The van der Waals surface area contributed by atoms with Gasteiger partial charge in [0, 0.05) is 0 Å². The minimum absolute atomic E-state index is 0.0653. The monoisotopic (exact) mass is 343 g/mol. The molecule has 0 aromatic heterocycles. The highest BCUT2D eigenvalue weighted by molar-refractivity contribution is 6.25. The fourth-order valence-electron chi connectivity index (χ4n) is 3.36. The number of rotatable bonds is 1. The van der Waals surface area contributed by atoms with Gasteiger partial charge in [0.2, 0.25) is 5.96 Å². The summed E-state index contributed by atoms with van der Waals surface area (Å²) in [5, 5.41) is 2.68. The van der Waals surface area contributed by atoms with E-state index in [0.717, 1.165) is 19.3 Å². The predicted octanol–water partition coefficient (Wildman–Crippen LogP) is 3.62. The van der Waals surface area contributed by atoms with Gasteiger partial charge in [-0.25, -0.2) is 14.7 Å². The number of guanidine groups is 1. The number of alkyl carbamates (subject to hydrolysis) is 1. The Morgan fingerprint density at radius 3 is 2.40 bits per heavy atom. The van der Waals surface area contributed by atoms with Crippen molar-refractivity contribution in [3.8, 4) is 0 Å². The van der Waals surface area contributed by atoms with Gasteiger partial charge in [0.1, 0.15) is 11.1 Å². The fourth-order valence-corrected chi connectivity index (χ4v) is 3.36. The Labute approximate surface area is 148 Å². The molecule has 2 amide bonds. The largest absolute Gasteiger partial charge is 0.444 e. The van der Waals surface area contributed by atoms with Crippen molar-refractivity contribution in [3.05, 3.63) is 30.3 Å². The third-order valence-corrected chi connectivity index (χ3v) is 4.44. The highest BCUT2D eigenvalue weighted by atomic mass is 16.6. The van der Waals surface area contributed by atoms with Crippen LogP contribution in [-0.4, -0.2) is 29.1 Å². The molecule has 1 spiro atoms. The number of hydrogen-bond acceptors (Lipinski definition) is 4. The van der Waals surface area contributed by atoms with Crippen LogP contribution in [0.3, 0.4) is 0 Å². The molecule has 0 unspecified atom stereocenters. The first-order valence-electron chi connectivity index (χ1n) is 8.80. The van der Waals surface area contributed by atoms with Crippen molar-refractivity contribution in [2.45, 2.75) is 64.0 Å². The Kier molecular flexibility index (Phi) is 4.54. The van der Waals surface area contributed by atoms with E-state index < -0.39 is 17.2 Å². The number of carbonyl (C=O) groups excluding carboxylic acids is 2. The van der Waals surface area contributed by atoms with E-state index in [9.17, 15) is 9.59 Å². The molecule has 1 fully saturated rings. The number of para-hydroxylation sites is 1. The summed E-state index contributed by atoms with van der Waals surface area (Å²) in [7, 11) is 0. The molecule has 0 atom stereocenters. The average molecular weight is 343 g/mol. The Hall–Kier alpha value is -2.37. The van der Waals surface area contributed by atoms with Gasteiger partial charge in [-0.15, -0.1) is 0 Å². The number of hydrogen-bond donors (Lipinski definition) is 1. The highest BCUT2D eigenvalue weighted by Gasteiger charge is 2.49. The van der Waals surface area contributed by atoms with Crippen LogP contribution in [0.4, 0.5) is 10.5 Å². The molecular weight excluding hydrogens is 318 g/mol. The quantitative estimate of drug-likeness (QED) is 0.846. The van der Waals surface area contributed by atoms with E-state index in [1.54, 1.807) is 20.8 Å². The van der Waals surface area contributed by atoms with Crippen molar-refractivity contribution in [1.29, 1.82) is 0 Å². The molecule has 1 aliphatic heterocycles. The molecule has 1 aliphatic carbocycles. The van der Waals surface area contributed by atoms with Crippen LogP contribution in [0.5, 0.6) is 0 Å². The second kappa shape index (κ2) is 6.50. The molecule has 1 heterocycles. The Morgan fingerprint density at radius 2 is 1.80 bits per heavy atom. The average Bonchev–Trinajstić information content (AvgIpc) is 2.79. The third-order valence-electron chi connectivity index (χ3n) is 4.44. The summed E-state index contributed by atoms with van der Waals surface area (Å²) in [6.45, 7) is 5.39. The van der Waals surface area contributed by atoms with Gasteiger partial charge in [0.25, 0.3) is 5.91 Å². The lowest BCUT2D eigenvalue weighted by Gasteiger charge is -2.29. The van der Waals surface area contributed by atoms with Crippen LogP contribution >= 0.6 is 0 Å². The predicted molar refractivity (Wildman–Crippen MR) is 96.5 cm³/mol. The van der Waals surface area contributed by atoms with Crippen molar-refractivity contribution in [2.75, 3.05) is 4.90 Å². The van der Waals surface area contributed by atoms with E-state index in [2.05, 4.69) is 10.3 Å². The minimum atomic E-state index is -0.752. The zero-order chi connectivity index (χ0) is 18.1. The number of aliphatic imine (C=N–C) groups is 1. The zero-order valence-corrected chi connectivity index (χ0v) is 15.0. The van der Waals surface area contributed by atoms with Crippen LogP contribution in [0.1, 0.15) is 52.9 Å². The van der Waals surface area contributed by atoms with E-state index in [1.165, 1.54) is 4.90 Å². The van der Waals surface area contributed by atoms with E-state index in [4.69, 9.17) is 4.74 Å². The molecular formula is C19H25N3O3. The first-order valence-corrected chi connectivity index (χ1v) is 8.80. The van der Waals surface area contributed by atoms with Gasteiger partial charge in [-0.05, 0) is 45.7 Å². The second-order valence-electron chi connectivity index (χ2n) is 7.63. The van der Waals surface area contributed by atoms with Crippen molar-refractivity contribution in [3.63, 3.8) is 0 Å². The maximum Gasteiger partial charge on any atom is 0.414 e. The molecule has 0 saturated heterocycles. The first kappa shape index (κ1) is 17.5. The number of nitrogens with zero attached hydrogens (tertiary/aromatic N) is 2. The second-order valence-corrected chi connectivity index (χ2v) is 7.63. The van der Waals surface area contributed by atoms with Crippen LogP contribution in [0, 0.1) is 0 Å². The molecule has 0 bridgehead atoms. The number of ether oxygens (including phenoxy) is 1. The van der Waals surface area contributed by atoms with E-state index >= 15 is 0 Å². The summed E-state index contributed by atoms with van der Waals surface area (Å²) in [6, 6.07) is 9.29. The van der Waals surface area contributed by atoms with Gasteiger partial charge in [0.15, 0.2) is 0 Å². The van der Waals surface area contributed by atoms with Gasteiger partial charge in [-0.1, -0.05) is 37.5 Å². The van der Waals surface area contributed by atoms with Gasteiger partial charge >= 0.3 is 6.09 Å². The number of nitrogens with one attached hydrogen (secondary N) is 1. The van der Waals surface area contributed by atoms with E-state index in [-0.39, 0.29) is 11.9 Å². The molecule has 6 heteroatoms. The van der Waals surface area contributed by atoms with E-state index in [0.29, 0.717) is 18.5 Å². The highest BCUT2D eigenvalue weighted by Crippen LogP contribution is 2.38. The van der Waals surface area contributed by atoms with Gasteiger partial charge < -0.3 is 4.74 Å². The number of benzene rings is 1. The Morgan fingerprint density at radius 1 is 1.16 bits per heavy atom. The van der Waals surface area contributed by atoms with Crippen molar-refractivity contribution in [2.24, 2.45) is 4.99 Å². The summed E-state index contributed by atoms with van der Waals surface area (Å²) in [5.74, 6) is 0.191. The summed E-state index contributed by atoms with van der Waals surface area (Å²) < 4.78 is 5.33. The lowest BCUT2D eigenvalue weighted by atomic mass is 9.82. The SMILES string of the molecule is CC(C)(C)OC(=O)NC1=NC2(CCCCC2)C(=O)N1c1ccccc1. The topological polar surface area (TPSA) is 71.0 Å². The van der Waals surface area contributed by atoms with Crippen molar-refractivity contribution in [1.82, 2.24) is 5.32 Å². The van der Waals surface area contributed by atoms with E-state index in [1.807, 2.05) is 30.3 Å². The molecule has 25 heavy (non-hydrogen) atoms. The maximum atomic E-state index is 13.2. The summed E-state index contributed by atoms with van der Waals surface area (Å²) >= 11 is 0. The molecule has 6 nitrogen and oxygen atoms in total. The lowest BCUT2D eigenvalue weighted by Crippen LogP contribution is -2.48. The summed E-state index contributed by atoms with van der Waals surface area (Å²) in [5.41, 5.74) is -0.670. The number of anilines is 1. The van der Waals surface area contributed by atoms with Crippen LogP contribution in [0.2, 0.25) is 0 Å². The smallest absolute Gasteiger partial charge is 0.414 e. The number of amides is 2. The molecule has 1 N–H and O–H groups in total. The minimum Gasteiger partial charge on any atom is -0.444 e. The Bertz CT molecular complexity index is 686. The third kappa shape index (κ3) is 3.67. The van der Waals surface area contributed by atoms with Crippen LogP contribution < -0.4 is 10.2 Å². The Balaban J connectivity index is 1.91. The molecule has 1 aromatic rings. The van der Waals surface area contributed by atoms with Crippen LogP contribution in [-0.2, 0) is 9.53 Å². The molecule has 134 valence electrons. The molecule has 3 rings (SSSR count). The summed E-state index contributed by atoms with van der Waals surface area (Å²) in [4.78, 5) is 31.6. The standard InChI is InChI=1S/C19H25N3O3/c1-18(2,3)25-17(24)20-16-21-19(12-8-5-9-13-19)15(23)22(16)14-10-6-4-7-11-14/h4,6-7,10-11H,5,8-9,12-13H2,1-3H3,(H,20,21,24). The lowest BCUT2D eigenvalue weighted by molar-refractivity contribution is -0.122. The maximum absolute atomic E-state index is 13.2. The van der Waals surface area contributed by atoms with Crippen LogP contribution in [0.25, 0.3) is 0 Å². The first-order chi connectivity index (χ1) is 11.8. The van der Waals surface area contributed by atoms with Crippen molar-refractivity contribution >= 4 is 23.6 Å². The fraction of sp³-hybridized carbons (Fsp3) is 0.526.